The Kier molecular flexibility index (Phi) is 6.24. The summed E-state index contributed by atoms with van der Waals surface area (Å²) in [6.45, 7) is 2.02. The second-order valence-electron chi connectivity index (χ2n) is 6.16. The molecule has 21 heavy (non-hydrogen) atoms. The summed E-state index contributed by atoms with van der Waals surface area (Å²) < 4.78 is 5.60. The predicted molar refractivity (Wildman–Crippen MR) is 85.1 cm³/mol. The van der Waals surface area contributed by atoms with Gasteiger partial charge in [-0.1, -0.05) is 43.2 Å². The minimum Gasteiger partial charge on any atom is -0.462 e. The van der Waals surface area contributed by atoms with Crippen LogP contribution in [0.3, 0.4) is 0 Å². The molecule has 3 nitrogen and oxygen atoms in total. The van der Waals surface area contributed by atoms with Gasteiger partial charge in [-0.25, -0.2) is 0 Å². The molecule has 0 amide bonds. The fourth-order valence-corrected chi connectivity index (χ4v) is 3.21. The Bertz CT molecular complexity index is 432. The molecule has 1 aliphatic heterocycles. The molecule has 1 N–H and O–H groups in total. The third-order valence-electron chi connectivity index (χ3n) is 4.34. The van der Waals surface area contributed by atoms with Gasteiger partial charge in [-0.2, -0.15) is 0 Å². The zero-order chi connectivity index (χ0) is 15.1. The second kappa shape index (κ2) is 8.18. The van der Waals surface area contributed by atoms with Crippen LogP contribution in [0.2, 0.25) is 0 Å². The van der Waals surface area contributed by atoms with Crippen molar-refractivity contribution in [3.8, 4) is 0 Å². The van der Waals surface area contributed by atoms with Crippen molar-refractivity contribution in [1.82, 2.24) is 5.32 Å². The number of ether oxygens (including phenoxy) is 1. The number of likely N-dealkylation sites (N-methyl/N-ethyl adjacent to an activating group) is 1. The van der Waals surface area contributed by atoms with Crippen molar-refractivity contribution in [2.24, 2.45) is 5.92 Å². The smallest absolute Gasteiger partial charge is 0.323 e. The molecule has 0 spiro atoms. The Morgan fingerprint density at radius 2 is 1.90 bits per heavy atom. The Hall–Kier alpha value is -1.35. The van der Waals surface area contributed by atoms with Gasteiger partial charge in [0, 0.05) is 0 Å². The van der Waals surface area contributed by atoms with Crippen LogP contribution in [0.25, 0.3) is 0 Å². The number of carbonyl (C=O) groups excluding carboxylic acids is 1. The van der Waals surface area contributed by atoms with Crippen LogP contribution in [-0.2, 0) is 16.0 Å². The molecule has 1 fully saturated rings. The molecule has 2 rings (SSSR count). The Morgan fingerprint density at radius 1 is 1.19 bits per heavy atom. The number of carbonyl (C=O) groups is 1. The van der Waals surface area contributed by atoms with Crippen LogP contribution in [0.4, 0.5) is 0 Å². The summed E-state index contributed by atoms with van der Waals surface area (Å²) in [5.74, 6) is 0.506. The summed E-state index contributed by atoms with van der Waals surface area (Å²) in [4.78, 5) is 12.1. The van der Waals surface area contributed by atoms with E-state index in [9.17, 15) is 4.79 Å². The van der Waals surface area contributed by atoms with Crippen molar-refractivity contribution in [1.29, 1.82) is 0 Å². The van der Waals surface area contributed by atoms with Crippen LogP contribution in [0.1, 0.15) is 44.6 Å². The quantitative estimate of drug-likeness (QED) is 0.867. The van der Waals surface area contributed by atoms with Gasteiger partial charge in [0.25, 0.3) is 0 Å². The van der Waals surface area contributed by atoms with Gasteiger partial charge >= 0.3 is 5.97 Å². The summed E-state index contributed by atoms with van der Waals surface area (Å²) in [7, 11) is 1.83. The lowest BCUT2D eigenvalue weighted by atomic mass is 9.88. The first-order valence-electron chi connectivity index (χ1n) is 8.10. The highest BCUT2D eigenvalue weighted by Gasteiger charge is 2.24. The van der Waals surface area contributed by atoms with E-state index < -0.39 is 0 Å². The van der Waals surface area contributed by atoms with E-state index in [1.54, 1.807) is 0 Å². The van der Waals surface area contributed by atoms with Gasteiger partial charge in [0.1, 0.15) is 6.04 Å². The van der Waals surface area contributed by atoms with E-state index in [4.69, 9.17) is 4.74 Å². The molecule has 0 saturated carbocycles. The molecule has 1 saturated heterocycles. The van der Waals surface area contributed by atoms with E-state index in [1.165, 1.54) is 18.4 Å². The highest BCUT2D eigenvalue weighted by atomic mass is 16.5. The Balaban J connectivity index is 1.96. The maximum atomic E-state index is 12.1. The fraction of sp³-hybridized carbons (Fsp3) is 0.611. The van der Waals surface area contributed by atoms with Crippen molar-refractivity contribution >= 4 is 5.97 Å². The lowest BCUT2D eigenvalue weighted by Gasteiger charge is -2.25. The molecule has 3 heteroatoms. The summed E-state index contributed by atoms with van der Waals surface area (Å²) >= 11 is 0. The van der Waals surface area contributed by atoms with E-state index in [2.05, 4.69) is 35.6 Å². The summed E-state index contributed by atoms with van der Waals surface area (Å²) in [5, 5.41) is 3.07. The SMILES string of the molecule is CN[C@H]1CCCCC(Cc2ccccc2)CC(C)OC1=O. The molecule has 1 aliphatic rings. The first kappa shape index (κ1) is 16.0. The monoisotopic (exact) mass is 289 g/mol. The van der Waals surface area contributed by atoms with Gasteiger partial charge in [0.05, 0.1) is 6.10 Å². The van der Waals surface area contributed by atoms with Gasteiger partial charge in [0.15, 0.2) is 0 Å². The number of rotatable bonds is 3. The number of esters is 1. The molecule has 116 valence electrons. The molecule has 0 aliphatic carbocycles. The van der Waals surface area contributed by atoms with Crippen molar-refractivity contribution in [3.63, 3.8) is 0 Å². The minimum atomic E-state index is -0.141. The van der Waals surface area contributed by atoms with E-state index in [0.717, 1.165) is 25.7 Å². The predicted octanol–water partition coefficient (Wildman–Crippen LogP) is 3.33. The van der Waals surface area contributed by atoms with Crippen LogP contribution < -0.4 is 5.32 Å². The molecular formula is C18H27NO2. The zero-order valence-electron chi connectivity index (χ0n) is 13.2. The molecule has 0 radical (unpaired) electrons. The van der Waals surface area contributed by atoms with Crippen LogP contribution in [0.15, 0.2) is 30.3 Å². The third-order valence-corrected chi connectivity index (χ3v) is 4.34. The Morgan fingerprint density at radius 3 is 2.62 bits per heavy atom. The molecule has 2 unspecified atom stereocenters. The number of nitrogens with one attached hydrogen (secondary N) is 1. The van der Waals surface area contributed by atoms with Crippen molar-refractivity contribution in [2.45, 2.75) is 57.6 Å². The lowest BCUT2D eigenvalue weighted by Crippen LogP contribution is -2.38. The number of hydrogen-bond acceptors (Lipinski definition) is 3. The molecule has 1 aromatic rings. The maximum absolute atomic E-state index is 12.1. The van der Waals surface area contributed by atoms with Gasteiger partial charge in [-0.05, 0) is 51.1 Å². The summed E-state index contributed by atoms with van der Waals surface area (Å²) in [5.41, 5.74) is 1.38. The highest BCUT2D eigenvalue weighted by molar-refractivity contribution is 5.75. The summed E-state index contributed by atoms with van der Waals surface area (Å²) in [6, 6.07) is 10.5. The zero-order valence-corrected chi connectivity index (χ0v) is 13.2. The molecule has 0 bridgehead atoms. The van der Waals surface area contributed by atoms with Crippen LogP contribution in [0, 0.1) is 5.92 Å². The average Bonchev–Trinajstić information content (AvgIpc) is 2.47. The standard InChI is InChI=1S/C18H27NO2/c1-14-12-16(13-15-8-4-3-5-9-15)10-6-7-11-17(19-2)18(20)21-14/h3-5,8-9,14,16-17,19H,6-7,10-13H2,1-2H3/t14?,16?,17-/m0/s1. The molecule has 3 atom stereocenters. The average molecular weight is 289 g/mol. The van der Waals surface area contributed by atoms with E-state index in [-0.39, 0.29) is 18.1 Å². The topological polar surface area (TPSA) is 38.3 Å². The van der Waals surface area contributed by atoms with Crippen LogP contribution in [0.5, 0.6) is 0 Å². The minimum absolute atomic E-state index is 0.000150. The van der Waals surface area contributed by atoms with Crippen molar-refractivity contribution in [2.75, 3.05) is 7.05 Å². The normalized spacial score (nSPS) is 27.9. The first-order valence-corrected chi connectivity index (χ1v) is 8.10. The number of hydrogen-bond donors (Lipinski definition) is 1. The van der Waals surface area contributed by atoms with Gasteiger partial charge in [-0.3, -0.25) is 4.79 Å². The van der Waals surface area contributed by atoms with E-state index in [1.807, 2.05) is 14.0 Å². The first-order chi connectivity index (χ1) is 10.2. The lowest BCUT2D eigenvalue weighted by molar-refractivity contribution is -0.152. The summed E-state index contributed by atoms with van der Waals surface area (Å²) in [6.07, 6.45) is 6.40. The van der Waals surface area contributed by atoms with Gasteiger partial charge in [0.2, 0.25) is 0 Å². The molecule has 0 aromatic heterocycles. The van der Waals surface area contributed by atoms with Crippen LogP contribution >= 0.6 is 0 Å². The molecule has 1 aromatic carbocycles. The van der Waals surface area contributed by atoms with E-state index >= 15 is 0 Å². The maximum Gasteiger partial charge on any atom is 0.323 e. The second-order valence-corrected chi connectivity index (χ2v) is 6.16. The largest absolute Gasteiger partial charge is 0.462 e. The Labute approximate surface area is 128 Å². The van der Waals surface area contributed by atoms with Crippen LogP contribution in [-0.4, -0.2) is 25.2 Å². The highest BCUT2D eigenvalue weighted by Crippen LogP contribution is 2.24. The number of benzene rings is 1. The van der Waals surface area contributed by atoms with Gasteiger partial charge < -0.3 is 10.1 Å². The fourth-order valence-electron chi connectivity index (χ4n) is 3.21. The van der Waals surface area contributed by atoms with Gasteiger partial charge in [-0.15, -0.1) is 0 Å². The van der Waals surface area contributed by atoms with E-state index in [0.29, 0.717) is 5.92 Å². The molecule has 1 heterocycles. The van der Waals surface area contributed by atoms with Crippen molar-refractivity contribution < 1.29 is 9.53 Å². The third kappa shape index (κ3) is 5.16. The number of cyclic esters (lactones) is 1. The molecular weight excluding hydrogens is 262 g/mol. The van der Waals surface area contributed by atoms with Crippen molar-refractivity contribution in [3.05, 3.63) is 35.9 Å².